The van der Waals surface area contributed by atoms with Gasteiger partial charge in [-0.1, -0.05) is 92.4 Å². The van der Waals surface area contributed by atoms with Crippen molar-refractivity contribution in [3.05, 3.63) is 23.9 Å². The number of carbonyl (C=O) groups is 1. The normalized spacial score (nSPS) is 36.3. The van der Waals surface area contributed by atoms with E-state index in [0.717, 1.165) is 54.8 Å². The molecule has 250 valence electrons. The minimum absolute atomic E-state index is 0. The number of carboxylic acid groups (broad SMARTS) is 1. The third-order valence-electron chi connectivity index (χ3n) is 13.2. The molecule has 0 radical (unpaired) electrons. The molecule has 43 heavy (non-hydrogen) atoms. The molecule has 0 aromatic carbocycles. The SMILES string of the molecule is C=C(NCCOC1CC[C@@]2(C)C(=CCC3C2CC[C@@]2(C)C3CC[C@@H]2[C@H](C)CCCC(C)C)C1)C1(C(=O)O)CCC1.CC.P.[HH]. The van der Waals surface area contributed by atoms with Crippen LogP contribution in [0.2, 0.25) is 0 Å². The number of aliphatic carboxylic acids is 1. The van der Waals surface area contributed by atoms with Crippen LogP contribution in [0.1, 0.15) is 140 Å². The molecule has 0 aromatic rings. The standard InChI is InChI=1S/C36H59NO3.C2H6.H3P.H2/c1-24(2)9-7-10-25(3)30-13-14-31-29-12-11-27-23-28(15-19-34(27,5)32(29)16-20-35(30,31)6)40-22-21-37-26(4)36(33(38)39)17-8-18-36;1-2;;/h11,24-25,28-32,37H,4,7-10,12-23H2,1-3,5-6H3,(H,38,39);1-2H3;1H3;1H/t25-,28?,29?,30-,31?,32?,34+,35-;;;/m1.../s1. The van der Waals surface area contributed by atoms with Crippen LogP contribution < -0.4 is 5.32 Å². The number of nitrogens with one attached hydrogen (secondary N) is 1. The van der Waals surface area contributed by atoms with E-state index in [2.05, 4.69) is 52.6 Å². The van der Waals surface area contributed by atoms with E-state index in [0.29, 0.717) is 48.6 Å². The lowest BCUT2D eigenvalue weighted by atomic mass is 9.47. The third kappa shape index (κ3) is 7.11. The van der Waals surface area contributed by atoms with E-state index in [1.54, 1.807) is 5.57 Å². The van der Waals surface area contributed by atoms with Gasteiger partial charge in [0.25, 0.3) is 0 Å². The van der Waals surface area contributed by atoms with Crippen molar-refractivity contribution in [1.82, 2.24) is 5.32 Å². The molecule has 0 spiro atoms. The van der Waals surface area contributed by atoms with Crippen LogP contribution >= 0.6 is 9.90 Å². The fraction of sp³-hybridized carbons (Fsp3) is 0.868. The quantitative estimate of drug-likeness (QED) is 0.130. The lowest BCUT2D eigenvalue weighted by Crippen LogP contribution is -2.51. The molecule has 0 aromatic heterocycles. The minimum atomic E-state index is -0.753. The molecule has 5 aliphatic rings. The van der Waals surface area contributed by atoms with Crippen LogP contribution in [0.5, 0.6) is 0 Å². The summed E-state index contributed by atoms with van der Waals surface area (Å²) >= 11 is 0. The average molecular weight is 620 g/mol. The number of carboxylic acids is 1. The second-order valence-electron chi connectivity index (χ2n) is 15.7. The Bertz CT molecular complexity index is 979. The Morgan fingerprint density at radius 2 is 1.79 bits per heavy atom. The van der Waals surface area contributed by atoms with Gasteiger partial charge in [0.15, 0.2) is 0 Å². The first kappa shape index (κ1) is 36.6. The molecule has 9 atom stereocenters. The van der Waals surface area contributed by atoms with Gasteiger partial charge in [-0.05, 0) is 111 Å². The number of rotatable bonds is 12. The molecule has 4 saturated carbocycles. The largest absolute Gasteiger partial charge is 0.481 e. The highest BCUT2D eigenvalue weighted by molar-refractivity contribution is 6.92. The van der Waals surface area contributed by atoms with Crippen LogP contribution in [0.3, 0.4) is 0 Å². The lowest BCUT2D eigenvalue weighted by Gasteiger charge is -2.58. The molecule has 0 amide bonds. The first-order valence-electron chi connectivity index (χ1n) is 18.0. The number of hydrogen-bond acceptors (Lipinski definition) is 3. The molecular weight excluding hydrogens is 549 g/mol. The molecule has 4 fully saturated rings. The van der Waals surface area contributed by atoms with Gasteiger partial charge < -0.3 is 15.2 Å². The van der Waals surface area contributed by atoms with Gasteiger partial charge in [-0.3, -0.25) is 4.79 Å². The molecule has 5 rings (SSSR count). The van der Waals surface area contributed by atoms with Gasteiger partial charge in [0.1, 0.15) is 5.41 Å². The van der Waals surface area contributed by atoms with Crippen molar-refractivity contribution in [2.24, 2.45) is 51.8 Å². The Morgan fingerprint density at radius 1 is 1.07 bits per heavy atom. The lowest BCUT2D eigenvalue weighted by molar-refractivity contribution is -0.151. The van der Waals surface area contributed by atoms with Crippen LogP contribution in [-0.2, 0) is 9.53 Å². The van der Waals surface area contributed by atoms with E-state index < -0.39 is 11.4 Å². The fourth-order valence-electron chi connectivity index (χ4n) is 10.6. The Morgan fingerprint density at radius 3 is 2.42 bits per heavy atom. The number of hydrogen-bond donors (Lipinski definition) is 2. The molecule has 5 heteroatoms. The van der Waals surface area contributed by atoms with Gasteiger partial charge in [-0.15, -0.1) is 0 Å². The molecule has 0 heterocycles. The van der Waals surface area contributed by atoms with Gasteiger partial charge in [0, 0.05) is 13.7 Å². The smallest absolute Gasteiger partial charge is 0.315 e. The predicted molar refractivity (Wildman–Crippen MR) is 188 cm³/mol. The second-order valence-corrected chi connectivity index (χ2v) is 15.7. The Hall–Kier alpha value is -0.860. The fourth-order valence-corrected chi connectivity index (χ4v) is 10.6. The first-order valence-corrected chi connectivity index (χ1v) is 18.0. The summed E-state index contributed by atoms with van der Waals surface area (Å²) in [6, 6.07) is 0. The Kier molecular flexibility index (Phi) is 12.9. The molecular formula is C38H70NO3P. The molecule has 0 bridgehead atoms. The van der Waals surface area contributed by atoms with E-state index in [1.807, 2.05) is 13.8 Å². The van der Waals surface area contributed by atoms with E-state index in [9.17, 15) is 9.90 Å². The summed E-state index contributed by atoms with van der Waals surface area (Å²) < 4.78 is 6.37. The van der Waals surface area contributed by atoms with Crippen molar-refractivity contribution < 1.29 is 16.1 Å². The van der Waals surface area contributed by atoms with Gasteiger partial charge in [0.2, 0.25) is 0 Å². The number of ether oxygens (including phenoxy) is 1. The monoisotopic (exact) mass is 620 g/mol. The number of allylic oxidation sites excluding steroid dienone is 1. The van der Waals surface area contributed by atoms with E-state index in [1.165, 1.54) is 57.8 Å². The van der Waals surface area contributed by atoms with E-state index >= 15 is 0 Å². The Balaban J connectivity index is 0.00000165. The third-order valence-corrected chi connectivity index (χ3v) is 13.2. The van der Waals surface area contributed by atoms with Crippen LogP contribution in [0, 0.1) is 51.8 Å². The van der Waals surface area contributed by atoms with Crippen molar-refractivity contribution in [2.45, 2.75) is 144 Å². The average Bonchev–Trinajstić information content (AvgIpc) is 3.28. The van der Waals surface area contributed by atoms with E-state index in [4.69, 9.17) is 4.74 Å². The molecule has 2 N–H and O–H groups in total. The van der Waals surface area contributed by atoms with E-state index in [-0.39, 0.29) is 11.3 Å². The van der Waals surface area contributed by atoms with Gasteiger partial charge in [-0.25, -0.2) is 0 Å². The maximum atomic E-state index is 11.7. The molecule has 0 aliphatic heterocycles. The molecule has 4 nitrogen and oxygen atoms in total. The zero-order valence-electron chi connectivity index (χ0n) is 29.1. The van der Waals surface area contributed by atoms with Crippen molar-refractivity contribution in [3.63, 3.8) is 0 Å². The molecule has 0 saturated heterocycles. The topological polar surface area (TPSA) is 58.6 Å². The molecule has 5 aliphatic carbocycles. The number of fused-ring (bicyclic) bond motifs is 5. The maximum absolute atomic E-state index is 11.7. The van der Waals surface area contributed by atoms with Crippen LogP contribution in [-0.4, -0.2) is 30.3 Å². The summed E-state index contributed by atoms with van der Waals surface area (Å²) in [5.41, 5.74) is 2.50. The zero-order chi connectivity index (χ0) is 30.7. The summed E-state index contributed by atoms with van der Waals surface area (Å²) in [6.45, 7) is 21.9. The Labute approximate surface area is 270 Å². The van der Waals surface area contributed by atoms with Gasteiger partial charge in [0.05, 0.1) is 12.7 Å². The van der Waals surface area contributed by atoms with Crippen LogP contribution in [0.25, 0.3) is 0 Å². The maximum Gasteiger partial charge on any atom is 0.315 e. The van der Waals surface area contributed by atoms with Gasteiger partial charge >= 0.3 is 5.97 Å². The highest BCUT2D eigenvalue weighted by atomic mass is 31.0. The first-order chi connectivity index (χ1) is 20.0. The highest BCUT2D eigenvalue weighted by Gasteiger charge is 2.59. The summed E-state index contributed by atoms with van der Waals surface area (Å²) in [5, 5.41) is 12.9. The van der Waals surface area contributed by atoms with Crippen molar-refractivity contribution >= 4 is 15.9 Å². The minimum Gasteiger partial charge on any atom is -0.481 e. The van der Waals surface area contributed by atoms with Gasteiger partial charge in [-0.2, -0.15) is 9.90 Å². The second kappa shape index (κ2) is 15.2. The van der Waals surface area contributed by atoms with Crippen LogP contribution in [0.4, 0.5) is 0 Å². The summed E-state index contributed by atoms with van der Waals surface area (Å²) in [7, 11) is 0. The summed E-state index contributed by atoms with van der Waals surface area (Å²) in [4.78, 5) is 11.7. The molecule has 5 unspecified atom stereocenters. The summed E-state index contributed by atoms with van der Waals surface area (Å²) in [5.74, 6) is 4.53. The van der Waals surface area contributed by atoms with Crippen molar-refractivity contribution in [3.8, 4) is 0 Å². The van der Waals surface area contributed by atoms with Crippen molar-refractivity contribution in [2.75, 3.05) is 13.2 Å². The highest BCUT2D eigenvalue weighted by Crippen LogP contribution is 2.67. The predicted octanol–water partition coefficient (Wildman–Crippen LogP) is 10.1. The summed E-state index contributed by atoms with van der Waals surface area (Å²) in [6.07, 6.45) is 20.1. The van der Waals surface area contributed by atoms with Crippen molar-refractivity contribution in [1.29, 1.82) is 0 Å². The van der Waals surface area contributed by atoms with Crippen LogP contribution in [0.15, 0.2) is 23.9 Å². The zero-order valence-corrected chi connectivity index (χ0v) is 30.5.